The zero-order valence-electron chi connectivity index (χ0n) is 65.2. The number of hydrogen-bond acceptors (Lipinski definition) is 21. The number of halogens is 3. The quantitative estimate of drug-likeness (QED) is 0.0310. The van der Waals surface area contributed by atoms with Crippen molar-refractivity contribution >= 4 is 103 Å². The lowest BCUT2D eigenvalue weighted by molar-refractivity contribution is 0.117. The number of amides is 2. The number of hydrogen-bond donors (Lipinski definition) is 8. The first-order chi connectivity index (χ1) is 54.1. The molecule has 3 aliphatic rings. The summed E-state index contributed by atoms with van der Waals surface area (Å²) in [7, 11) is 0. The van der Waals surface area contributed by atoms with E-state index in [1.54, 1.807) is 52.2 Å². The van der Waals surface area contributed by atoms with Crippen molar-refractivity contribution in [1.82, 2.24) is 49.5 Å². The minimum atomic E-state index is -0.379. The van der Waals surface area contributed by atoms with Gasteiger partial charge in [0.1, 0.15) is 28.9 Å². The summed E-state index contributed by atoms with van der Waals surface area (Å²) in [5.41, 5.74) is 31.3. The van der Waals surface area contributed by atoms with Crippen LogP contribution in [0.1, 0.15) is 104 Å². The summed E-state index contributed by atoms with van der Waals surface area (Å²) >= 11 is 5.73. The summed E-state index contributed by atoms with van der Waals surface area (Å²) in [5.74, 6) is 5.58. The van der Waals surface area contributed by atoms with Crippen molar-refractivity contribution in [3.63, 3.8) is 0 Å². The minimum Gasteiger partial charge on any atom is -0.438 e. The molecule has 0 saturated carbocycles. The van der Waals surface area contributed by atoms with Crippen molar-refractivity contribution in [1.29, 1.82) is 0 Å². The Labute approximate surface area is 675 Å². The molecule has 0 aliphatic carbocycles. The number of anilines is 7. The van der Waals surface area contributed by atoms with Crippen molar-refractivity contribution in [3.05, 3.63) is 234 Å². The third kappa shape index (κ3) is 23.0. The lowest BCUT2D eigenvalue weighted by Gasteiger charge is -2.14. The van der Waals surface area contributed by atoms with E-state index in [-0.39, 0.29) is 52.9 Å². The molecule has 0 unspecified atom stereocenters. The zero-order valence-corrected chi connectivity index (χ0v) is 66.8. The summed E-state index contributed by atoms with van der Waals surface area (Å²) in [6.45, 7) is 21.4. The van der Waals surface area contributed by atoms with Gasteiger partial charge in [0.2, 0.25) is 34.8 Å². The molecule has 16 rings (SSSR count). The molecular formula is C86H101Cl2FN18O7. The molecule has 598 valence electrons. The number of urea groups is 1. The number of aryl methyl sites for hydroxylation is 2. The van der Waals surface area contributed by atoms with Crippen LogP contribution in [0, 0.1) is 13.8 Å². The van der Waals surface area contributed by atoms with Gasteiger partial charge in [0.15, 0.2) is 0 Å². The number of rotatable bonds is 17. The maximum absolute atomic E-state index is 13.4. The van der Waals surface area contributed by atoms with Gasteiger partial charge in [-0.1, -0.05) is 150 Å². The molecule has 114 heavy (non-hydrogen) atoms. The van der Waals surface area contributed by atoms with Gasteiger partial charge in [-0.2, -0.15) is 25.1 Å². The average Bonchev–Trinajstić information content (AvgIpc) is 1.33. The number of ether oxygens (including phenoxy) is 6. The van der Waals surface area contributed by atoms with E-state index in [1.165, 1.54) is 12.0 Å². The lowest BCUT2D eigenvalue weighted by Crippen LogP contribution is -2.21. The Kier molecular flexibility index (Phi) is 29.4. The number of nitrogens with two attached hydrogens (primary N) is 4. The van der Waals surface area contributed by atoms with E-state index in [0.29, 0.717) is 95.5 Å². The van der Waals surface area contributed by atoms with Crippen LogP contribution in [0.4, 0.5) is 50.1 Å². The normalized spacial score (nSPS) is 14.9. The third-order valence-electron chi connectivity index (χ3n) is 18.6. The molecule has 2 amide bonds. The Morgan fingerprint density at radius 1 is 0.500 bits per heavy atom. The van der Waals surface area contributed by atoms with E-state index in [1.807, 2.05) is 159 Å². The summed E-state index contributed by atoms with van der Waals surface area (Å²) in [5, 5.41) is 27.5. The van der Waals surface area contributed by atoms with Crippen LogP contribution >= 0.6 is 24.0 Å². The summed E-state index contributed by atoms with van der Waals surface area (Å²) in [6, 6.07) is 59.2. The predicted octanol–water partition coefficient (Wildman–Crippen LogP) is 18.7. The van der Waals surface area contributed by atoms with E-state index in [4.69, 9.17) is 68.1 Å². The largest absolute Gasteiger partial charge is 0.438 e. The Morgan fingerprint density at radius 3 is 1.33 bits per heavy atom. The number of nitrogen functional groups attached to an aromatic ring is 3. The fourth-order valence-corrected chi connectivity index (χ4v) is 12.6. The van der Waals surface area contributed by atoms with Gasteiger partial charge in [-0.15, -0.1) is 12.4 Å². The van der Waals surface area contributed by atoms with E-state index in [2.05, 4.69) is 117 Å². The first-order valence-corrected chi connectivity index (χ1v) is 37.9. The second-order valence-corrected chi connectivity index (χ2v) is 29.6. The highest BCUT2D eigenvalue weighted by atomic mass is 35.5. The zero-order chi connectivity index (χ0) is 78.7. The van der Waals surface area contributed by atoms with E-state index < -0.39 is 0 Å². The van der Waals surface area contributed by atoms with Crippen molar-refractivity contribution in [3.8, 4) is 46.3 Å². The third-order valence-corrected chi connectivity index (χ3v) is 18.7. The van der Waals surface area contributed by atoms with Gasteiger partial charge in [-0.05, 0) is 125 Å². The van der Waals surface area contributed by atoms with Gasteiger partial charge >= 0.3 is 6.03 Å². The SMILES string of the molecule is Cc1ccc(-n2nc(C(C)(C)C)cc2N)cc1.Cc1ccc(-n2nc(C(C)(C)C)cc2NC(=O)Nc2ccc(Oc3ccnc(NC[C@@H]4CCCO4)n3)c3ccccc23)cc1.Cl.F.NC[C@@H]1CCCO1.Nc1ccc(Oc2ccnc(Cl)n2)c2ccccc12.Nc1ccc(Oc2ccnc(NC[C@@H]3CCCO3)n2)c2ccccc12.[3HH]. The van der Waals surface area contributed by atoms with Crippen LogP contribution in [0.5, 0.6) is 34.9 Å². The molecule has 25 nitrogen and oxygen atoms in total. The smallest absolute Gasteiger partial charge is 0.324 e. The van der Waals surface area contributed by atoms with Gasteiger partial charge < -0.3 is 67.3 Å². The Morgan fingerprint density at radius 2 is 0.904 bits per heavy atom. The monoisotopic (exact) mass is 1590 g/mol. The Bertz CT molecular complexity index is 5310. The number of benzene rings is 8. The number of fused-ring (bicyclic) bond motifs is 3. The van der Waals surface area contributed by atoms with Crippen molar-refractivity contribution < 1.29 is 39.3 Å². The molecule has 13 aromatic rings. The summed E-state index contributed by atoms with van der Waals surface area (Å²) in [4.78, 5) is 38.7. The van der Waals surface area contributed by atoms with Crippen molar-refractivity contribution in [2.45, 2.75) is 123 Å². The number of carbonyl (C=O) groups is 1. The van der Waals surface area contributed by atoms with Crippen molar-refractivity contribution in [2.75, 3.05) is 77.9 Å². The van der Waals surface area contributed by atoms with Gasteiger partial charge in [-0.3, -0.25) is 10.0 Å². The molecular weight excluding hydrogens is 1490 g/mol. The fourth-order valence-electron chi connectivity index (χ4n) is 12.4. The molecule has 5 aromatic heterocycles. The van der Waals surface area contributed by atoms with Crippen molar-refractivity contribution in [2.24, 2.45) is 5.73 Å². The molecule has 3 fully saturated rings. The average molecular weight is 1590 g/mol. The molecule has 3 saturated heterocycles. The second-order valence-electron chi connectivity index (χ2n) is 29.3. The van der Waals surface area contributed by atoms with Crippen LogP contribution in [-0.2, 0) is 25.0 Å². The Hall–Kier alpha value is -11.8. The first kappa shape index (κ1) is 84.7. The van der Waals surface area contributed by atoms with Gasteiger partial charge in [0.25, 0.3) is 0 Å². The highest BCUT2D eigenvalue weighted by Gasteiger charge is 2.25. The first-order valence-electron chi connectivity index (χ1n) is 37.5. The molecule has 0 spiro atoms. The van der Waals surface area contributed by atoms with E-state index in [9.17, 15) is 4.79 Å². The highest BCUT2D eigenvalue weighted by molar-refractivity contribution is 6.28. The van der Waals surface area contributed by atoms with Gasteiger partial charge in [0.05, 0.1) is 46.8 Å². The van der Waals surface area contributed by atoms with E-state index in [0.717, 1.165) is 118 Å². The topological polar surface area (TPSA) is 338 Å². The van der Waals surface area contributed by atoms with Crippen LogP contribution in [-0.4, -0.2) is 113 Å². The predicted molar refractivity (Wildman–Crippen MR) is 458 cm³/mol. The molecule has 0 bridgehead atoms. The number of nitrogens with one attached hydrogen (secondary N) is 4. The lowest BCUT2D eigenvalue weighted by atomic mass is 9.92. The van der Waals surface area contributed by atoms with Crippen LogP contribution in [0.2, 0.25) is 5.28 Å². The Balaban J connectivity index is 0.000000181. The molecule has 8 aromatic carbocycles. The van der Waals surface area contributed by atoms with Crippen LogP contribution in [0.15, 0.2) is 207 Å². The van der Waals surface area contributed by atoms with Gasteiger partial charge in [0, 0.05) is 144 Å². The molecule has 8 heterocycles. The summed E-state index contributed by atoms with van der Waals surface area (Å²) < 4.78 is 37.9. The summed E-state index contributed by atoms with van der Waals surface area (Å²) in [6.07, 6.45) is 12.3. The number of carbonyl (C=O) groups excluding carboxylic acids is 1. The van der Waals surface area contributed by atoms with E-state index >= 15 is 0 Å². The molecule has 28 heteroatoms. The highest BCUT2D eigenvalue weighted by Crippen LogP contribution is 2.38. The molecule has 3 aliphatic heterocycles. The fraction of sp³-hybridized carbons (Fsp3) is 0.291. The maximum Gasteiger partial charge on any atom is 0.324 e. The minimum absolute atomic E-state index is 0. The molecule has 12 N–H and O–H groups in total. The van der Waals surface area contributed by atoms with Crippen LogP contribution in [0.3, 0.4) is 0 Å². The standard InChI is InChI=1S/C34H37N7O3.C19H20N4O2.C14H10ClN3O.C14H19N3.C5H11NO.ClH.FH.H2/c1-22-11-13-23(14-12-22)41-30(20-29(40-41)34(2,3)4)38-33(42)37-27-15-16-28(26-10-6-5-9-25(26)27)44-31-17-18-35-32(39-31)36-21-24-8-7-19-43-24;20-16-7-8-17(15-6-2-1-5-14(15)16)25-18-9-10-21-19(23-18)22-12-13-4-3-11-24-13;15-14-17-8-7-13(18-14)19-12-6-5-11(16)9-3-1-2-4-10(9)12;1-10-5-7-11(8-6-10)17-13(15)9-12(16-17)14(2,3)4;6-4-5-2-1-3-7-5;;;/h5-6,9-18,20,24H,7-8,19,21H2,1-4H3,(H,35,36,39)(H2,37,38,42);1-2,5-10,13H,3-4,11-12,20H2,(H,21,22,23);1-8H,16H2;5-9H,15H2,1-4H3;5H,1-4,6H2;3*1H/t24-;13-;;;5-;;;/m00..0.../s1/i;;;;;;;1+2. The van der Waals surface area contributed by atoms with Crippen LogP contribution < -0.4 is 58.4 Å². The molecule has 0 radical (unpaired) electrons. The second kappa shape index (κ2) is 39.6. The number of nitrogens with zero attached hydrogens (tertiary/aromatic N) is 10. The van der Waals surface area contributed by atoms with Gasteiger partial charge in [-0.25, -0.2) is 29.1 Å². The molecule has 3 atom stereocenters. The number of aromatic nitrogens is 10. The van der Waals surface area contributed by atoms with Crippen LogP contribution in [0.25, 0.3) is 43.7 Å². The maximum atomic E-state index is 13.4.